The van der Waals surface area contributed by atoms with Gasteiger partial charge < -0.3 is 10.5 Å². The molecule has 0 unspecified atom stereocenters. The second-order valence-corrected chi connectivity index (χ2v) is 5.46. The Bertz CT molecular complexity index is 562. The second kappa shape index (κ2) is 6.08. The lowest BCUT2D eigenvalue weighted by atomic mass is 10.4. The Morgan fingerprint density at radius 2 is 1.84 bits per heavy atom. The Morgan fingerprint density at radius 3 is 2.47 bits per heavy atom. The molecule has 0 saturated carbocycles. The van der Waals surface area contributed by atoms with Gasteiger partial charge in [0.05, 0.1) is 6.10 Å². The van der Waals surface area contributed by atoms with Crippen LogP contribution < -0.4 is 10.5 Å². The fourth-order valence-electron chi connectivity index (χ4n) is 1.27. The van der Waals surface area contributed by atoms with E-state index in [9.17, 15) is 0 Å². The van der Waals surface area contributed by atoms with Crippen LogP contribution in [0.4, 0.5) is 5.95 Å². The minimum Gasteiger partial charge on any atom is -0.461 e. The zero-order valence-electron chi connectivity index (χ0n) is 10.5. The molecule has 2 rings (SSSR count). The lowest BCUT2D eigenvalue weighted by molar-refractivity contribution is 0.219. The number of nitrogens with two attached hydrogens (primary N) is 1. The summed E-state index contributed by atoms with van der Waals surface area (Å²) in [6, 6.07) is 7.62. The van der Waals surface area contributed by atoms with Crippen LogP contribution in [0.3, 0.4) is 0 Å². The molecule has 0 aliphatic carbocycles. The lowest BCUT2D eigenvalue weighted by Crippen LogP contribution is -2.10. The fourth-order valence-corrected chi connectivity index (χ4v) is 2.14. The van der Waals surface area contributed by atoms with Gasteiger partial charge in [0.15, 0.2) is 0 Å². The summed E-state index contributed by atoms with van der Waals surface area (Å²) < 4.78 is 5.42. The summed E-state index contributed by atoms with van der Waals surface area (Å²) in [6.45, 7) is 3.79. The van der Waals surface area contributed by atoms with Crippen molar-refractivity contribution in [3.05, 3.63) is 29.3 Å². The largest absolute Gasteiger partial charge is 0.461 e. The fraction of sp³-hybridized carbons (Fsp3) is 0.250. The van der Waals surface area contributed by atoms with Gasteiger partial charge in [0.2, 0.25) is 11.1 Å². The molecule has 5 nitrogen and oxygen atoms in total. The molecule has 0 fully saturated rings. The quantitative estimate of drug-likeness (QED) is 0.935. The van der Waals surface area contributed by atoms with Crippen molar-refractivity contribution in [3.63, 3.8) is 0 Å². The first-order valence-electron chi connectivity index (χ1n) is 5.64. The van der Waals surface area contributed by atoms with Gasteiger partial charge >= 0.3 is 6.01 Å². The van der Waals surface area contributed by atoms with E-state index in [0.717, 1.165) is 4.90 Å². The minimum absolute atomic E-state index is 0.0184. The first-order chi connectivity index (χ1) is 9.02. The molecular weight excluding hydrogens is 284 g/mol. The number of hydrogen-bond acceptors (Lipinski definition) is 6. The molecule has 0 amide bonds. The SMILES string of the molecule is CC(C)Oc1nc(N)nc(Sc2ccc(Cl)cc2)n1. The topological polar surface area (TPSA) is 73.9 Å². The van der Waals surface area contributed by atoms with Crippen molar-refractivity contribution in [2.24, 2.45) is 0 Å². The Balaban J connectivity index is 2.19. The van der Waals surface area contributed by atoms with Crippen LogP contribution in [-0.4, -0.2) is 21.1 Å². The van der Waals surface area contributed by atoms with Gasteiger partial charge in [-0.05, 0) is 49.9 Å². The average molecular weight is 297 g/mol. The number of ether oxygens (including phenoxy) is 1. The van der Waals surface area contributed by atoms with Crippen molar-refractivity contribution in [1.29, 1.82) is 0 Å². The molecule has 1 aromatic heterocycles. The van der Waals surface area contributed by atoms with E-state index in [1.165, 1.54) is 11.8 Å². The van der Waals surface area contributed by atoms with Gasteiger partial charge in [0.25, 0.3) is 0 Å². The molecule has 0 aliphatic rings. The van der Waals surface area contributed by atoms with E-state index in [4.69, 9.17) is 22.1 Å². The molecule has 1 heterocycles. The molecule has 0 saturated heterocycles. The summed E-state index contributed by atoms with van der Waals surface area (Å²) in [6.07, 6.45) is -0.0184. The van der Waals surface area contributed by atoms with E-state index >= 15 is 0 Å². The lowest BCUT2D eigenvalue weighted by Gasteiger charge is -2.08. The summed E-state index contributed by atoms with van der Waals surface area (Å²) in [5.74, 6) is 0.141. The Hall–Kier alpha value is -1.53. The number of halogens is 1. The second-order valence-electron chi connectivity index (χ2n) is 3.98. The normalized spacial score (nSPS) is 10.7. The van der Waals surface area contributed by atoms with Crippen LogP contribution >= 0.6 is 23.4 Å². The number of aromatic nitrogens is 3. The highest BCUT2D eigenvalue weighted by Crippen LogP contribution is 2.27. The van der Waals surface area contributed by atoms with Crippen molar-refractivity contribution >= 4 is 29.3 Å². The van der Waals surface area contributed by atoms with Crippen LogP contribution in [0, 0.1) is 0 Å². The molecule has 2 aromatic rings. The number of anilines is 1. The molecule has 100 valence electrons. The molecule has 7 heteroatoms. The van der Waals surface area contributed by atoms with Crippen LogP contribution in [0.15, 0.2) is 34.3 Å². The molecule has 0 atom stereocenters. The molecule has 0 spiro atoms. The number of hydrogen-bond donors (Lipinski definition) is 1. The summed E-state index contributed by atoms with van der Waals surface area (Å²) in [4.78, 5) is 13.2. The third kappa shape index (κ3) is 4.25. The van der Waals surface area contributed by atoms with E-state index in [1.54, 1.807) is 12.1 Å². The molecule has 0 aliphatic heterocycles. The maximum absolute atomic E-state index is 5.83. The van der Waals surface area contributed by atoms with Crippen molar-refractivity contribution in [3.8, 4) is 6.01 Å². The van der Waals surface area contributed by atoms with Crippen LogP contribution in [0.25, 0.3) is 0 Å². The highest BCUT2D eigenvalue weighted by atomic mass is 35.5. The van der Waals surface area contributed by atoms with Gasteiger partial charge in [-0.1, -0.05) is 11.6 Å². The molecule has 0 radical (unpaired) electrons. The Labute approximate surface area is 120 Å². The van der Waals surface area contributed by atoms with Gasteiger partial charge in [0.1, 0.15) is 0 Å². The van der Waals surface area contributed by atoms with Crippen molar-refractivity contribution in [2.75, 3.05) is 5.73 Å². The Morgan fingerprint density at radius 1 is 1.16 bits per heavy atom. The van der Waals surface area contributed by atoms with Crippen LogP contribution in [0.5, 0.6) is 6.01 Å². The number of benzene rings is 1. The molecule has 0 bridgehead atoms. The number of nitrogens with zero attached hydrogens (tertiary/aromatic N) is 3. The van der Waals surface area contributed by atoms with Crippen LogP contribution in [-0.2, 0) is 0 Å². The van der Waals surface area contributed by atoms with Gasteiger partial charge in [0, 0.05) is 9.92 Å². The van der Waals surface area contributed by atoms with Gasteiger partial charge in [-0.2, -0.15) is 15.0 Å². The van der Waals surface area contributed by atoms with Crippen molar-refractivity contribution in [1.82, 2.24) is 15.0 Å². The first-order valence-corrected chi connectivity index (χ1v) is 6.84. The zero-order chi connectivity index (χ0) is 13.8. The van der Waals surface area contributed by atoms with Crippen LogP contribution in [0.2, 0.25) is 5.02 Å². The van der Waals surface area contributed by atoms with Crippen LogP contribution in [0.1, 0.15) is 13.8 Å². The monoisotopic (exact) mass is 296 g/mol. The third-order valence-electron chi connectivity index (χ3n) is 1.98. The maximum atomic E-state index is 5.83. The zero-order valence-corrected chi connectivity index (χ0v) is 12.1. The summed E-state index contributed by atoms with van der Waals surface area (Å²) in [7, 11) is 0. The standard InChI is InChI=1S/C12H13ClN4OS/c1-7(2)18-11-15-10(14)16-12(17-11)19-9-5-3-8(13)4-6-9/h3-7H,1-2H3,(H2,14,15,16,17). The Kier molecular flexibility index (Phi) is 4.44. The van der Waals surface area contributed by atoms with Gasteiger partial charge in [-0.25, -0.2) is 0 Å². The van der Waals surface area contributed by atoms with E-state index < -0.39 is 0 Å². The van der Waals surface area contributed by atoms with Crippen molar-refractivity contribution < 1.29 is 4.74 Å². The molecule has 2 N–H and O–H groups in total. The summed E-state index contributed by atoms with van der Waals surface area (Å²) >= 11 is 7.20. The van der Waals surface area contributed by atoms with Gasteiger partial charge in [-0.15, -0.1) is 0 Å². The van der Waals surface area contributed by atoms with Gasteiger partial charge in [-0.3, -0.25) is 0 Å². The minimum atomic E-state index is -0.0184. The third-order valence-corrected chi connectivity index (χ3v) is 3.10. The van der Waals surface area contributed by atoms with E-state index in [1.807, 2.05) is 26.0 Å². The average Bonchev–Trinajstić information content (AvgIpc) is 2.30. The highest BCUT2D eigenvalue weighted by Gasteiger charge is 2.08. The maximum Gasteiger partial charge on any atom is 0.322 e. The number of rotatable bonds is 4. The predicted molar refractivity (Wildman–Crippen MR) is 75.6 cm³/mol. The first kappa shape index (κ1) is 13.9. The predicted octanol–water partition coefficient (Wildman–Crippen LogP) is 3.05. The molecule has 1 aromatic carbocycles. The summed E-state index contributed by atoms with van der Waals surface area (Å²) in [5, 5.41) is 1.17. The van der Waals surface area contributed by atoms with Crippen molar-refractivity contribution in [2.45, 2.75) is 30.0 Å². The molecule has 19 heavy (non-hydrogen) atoms. The highest BCUT2D eigenvalue weighted by molar-refractivity contribution is 7.99. The van der Waals surface area contributed by atoms with E-state index in [-0.39, 0.29) is 18.1 Å². The summed E-state index contributed by atoms with van der Waals surface area (Å²) in [5.41, 5.74) is 5.64. The number of nitrogen functional groups attached to an aromatic ring is 1. The van der Waals surface area contributed by atoms with E-state index in [2.05, 4.69) is 15.0 Å². The van der Waals surface area contributed by atoms with E-state index in [0.29, 0.717) is 10.2 Å². The molecular formula is C12H13ClN4OS. The smallest absolute Gasteiger partial charge is 0.322 e.